The van der Waals surface area contributed by atoms with Crippen molar-refractivity contribution in [2.75, 3.05) is 5.32 Å². The predicted molar refractivity (Wildman–Crippen MR) is 70.9 cm³/mol. The summed E-state index contributed by atoms with van der Waals surface area (Å²) in [6.45, 7) is 1.92. The zero-order chi connectivity index (χ0) is 12.8. The number of aromatic nitrogens is 3. The quantitative estimate of drug-likeness (QED) is 0.853. The minimum absolute atomic E-state index is 0.478. The highest BCUT2D eigenvalue weighted by Crippen LogP contribution is 2.30. The van der Waals surface area contributed by atoms with Crippen LogP contribution in [0.2, 0.25) is 0 Å². The van der Waals surface area contributed by atoms with Crippen LogP contribution in [0.25, 0.3) is 11.1 Å². The van der Waals surface area contributed by atoms with Crippen molar-refractivity contribution < 1.29 is 4.52 Å². The van der Waals surface area contributed by atoms with Gasteiger partial charge in [0.1, 0.15) is 17.5 Å². The van der Waals surface area contributed by atoms with E-state index in [0.717, 1.165) is 29.7 Å². The molecule has 6 heteroatoms. The molecule has 2 aromatic rings. The largest absolute Gasteiger partial charge is 0.366 e. The number of piperidine rings is 1. The van der Waals surface area contributed by atoms with E-state index in [9.17, 15) is 0 Å². The van der Waals surface area contributed by atoms with Gasteiger partial charge in [0.15, 0.2) is 0 Å². The second kappa shape index (κ2) is 4.16. The van der Waals surface area contributed by atoms with Crippen molar-refractivity contribution in [1.82, 2.24) is 20.4 Å². The highest BCUT2D eigenvalue weighted by atomic mass is 16.5. The molecular weight excluding hydrogens is 242 g/mol. The Kier molecular flexibility index (Phi) is 2.44. The van der Waals surface area contributed by atoms with Gasteiger partial charge in [0.2, 0.25) is 0 Å². The summed E-state index contributed by atoms with van der Waals surface area (Å²) in [5, 5.41) is 12.1. The molecule has 2 aliphatic rings. The average Bonchev–Trinajstić information content (AvgIpc) is 2.94. The zero-order valence-electron chi connectivity index (χ0n) is 10.9. The fraction of sp³-hybridized carbons (Fsp3) is 0.615. The number of aryl methyl sites for hydroxylation is 1. The van der Waals surface area contributed by atoms with Gasteiger partial charge >= 0.3 is 0 Å². The number of rotatable bonds is 2. The SMILES string of the molecule is Cc1noc2ncnc(NC3CC4CCC(C3)N4)c12. The molecule has 2 N–H and O–H groups in total. The fourth-order valence-electron chi connectivity index (χ4n) is 3.40. The molecule has 0 radical (unpaired) electrons. The second-order valence-corrected chi connectivity index (χ2v) is 5.62. The van der Waals surface area contributed by atoms with Crippen LogP contribution in [-0.2, 0) is 0 Å². The van der Waals surface area contributed by atoms with E-state index in [1.807, 2.05) is 6.92 Å². The molecule has 0 aromatic carbocycles. The lowest BCUT2D eigenvalue weighted by atomic mass is 10.00. The van der Waals surface area contributed by atoms with Crippen LogP contribution in [0.1, 0.15) is 31.4 Å². The Hall–Kier alpha value is -1.69. The number of anilines is 1. The first-order valence-corrected chi connectivity index (χ1v) is 6.89. The van der Waals surface area contributed by atoms with Crippen molar-refractivity contribution in [2.24, 2.45) is 0 Å². The van der Waals surface area contributed by atoms with E-state index in [-0.39, 0.29) is 0 Å². The minimum Gasteiger partial charge on any atom is -0.366 e. The van der Waals surface area contributed by atoms with Crippen LogP contribution in [0.15, 0.2) is 10.9 Å². The van der Waals surface area contributed by atoms with Crippen LogP contribution in [0, 0.1) is 6.92 Å². The summed E-state index contributed by atoms with van der Waals surface area (Å²) in [7, 11) is 0. The third kappa shape index (κ3) is 1.87. The second-order valence-electron chi connectivity index (χ2n) is 5.62. The first kappa shape index (κ1) is 11.2. The van der Waals surface area contributed by atoms with Crippen LogP contribution >= 0.6 is 0 Å². The summed E-state index contributed by atoms with van der Waals surface area (Å²) in [4.78, 5) is 8.47. The van der Waals surface area contributed by atoms with Crippen molar-refractivity contribution >= 4 is 16.9 Å². The van der Waals surface area contributed by atoms with Gasteiger partial charge in [0.05, 0.1) is 5.69 Å². The van der Waals surface area contributed by atoms with E-state index in [1.165, 1.54) is 19.2 Å². The van der Waals surface area contributed by atoms with Gasteiger partial charge in [-0.2, -0.15) is 4.98 Å². The molecule has 19 heavy (non-hydrogen) atoms. The Morgan fingerprint density at radius 1 is 1.26 bits per heavy atom. The van der Waals surface area contributed by atoms with E-state index < -0.39 is 0 Å². The smallest absolute Gasteiger partial charge is 0.263 e. The number of nitrogens with one attached hydrogen (secondary N) is 2. The highest BCUT2D eigenvalue weighted by molar-refractivity contribution is 5.87. The first-order valence-electron chi connectivity index (χ1n) is 6.89. The van der Waals surface area contributed by atoms with E-state index in [0.29, 0.717) is 23.8 Å². The standard InChI is InChI=1S/C13H17N5O/c1-7-11-12(14-6-15-13(11)19-18-7)17-10-4-8-2-3-9(5-10)16-8/h6,8-10,16H,2-5H2,1H3,(H,14,15,17). The monoisotopic (exact) mass is 259 g/mol. The molecule has 2 aliphatic heterocycles. The maximum Gasteiger partial charge on any atom is 0.263 e. The summed E-state index contributed by atoms with van der Waals surface area (Å²) >= 11 is 0. The van der Waals surface area contributed by atoms with Crippen LogP contribution in [0.4, 0.5) is 5.82 Å². The summed E-state index contributed by atoms with van der Waals surface area (Å²) in [6, 6.07) is 1.81. The lowest BCUT2D eigenvalue weighted by Crippen LogP contribution is -2.43. The minimum atomic E-state index is 0.478. The maximum atomic E-state index is 5.18. The lowest BCUT2D eigenvalue weighted by Gasteiger charge is -2.30. The molecule has 6 nitrogen and oxygen atoms in total. The number of nitrogens with zero attached hydrogens (tertiary/aromatic N) is 3. The van der Waals surface area contributed by atoms with Crippen LogP contribution < -0.4 is 10.6 Å². The molecule has 2 atom stereocenters. The molecular formula is C13H17N5O. The van der Waals surface area contributed by atoms with Crippen molar-refractivity contribution in [2.45, 2.75) is 50.7 Å². The van der Waals surface area contributed by atoms with Crippen LogP contribution in [-0.4, -0.2) is 33.3 Å². The van der Waals surface area contributed by atoms with Gasteiger partial charge in [-0.3, -0.25) is 0 Å². The normalized spacial score (nSPS) is 29.8. The van der Waals surface area contributed by atoms with Crippen molar-refractivity contribution in [3.63, 3.8) is 0 Å². The average molecular weight is 259 g/mol. The summed E-state index contributed by atoms with van der Waals surface area (Å²) in [5.41, 5.74) is 1.40. The molecule has 0 aliphatic carbocycles. The van der Waals surface area contributed by atoms with Gasteiger partial charge < -0.3 is 15.2 Å². The van der Waals surface area contributed by atoms with Gasteiger partial charge in [-0.15, -0.1) is 0 Å². The van der Waals surface area contributed by atoms with E-state index >= 15 is 0 Å². The Morgan fingerprint density at radius 2 is 2.05 bits per heavy atom. The molecule has 100 valence electrons. The fourth-order valence-corrected chi connectivity index (χ4v) is 3.40. The van der Waals surface area contributed by atoms with Crippen LogP contribution in [0.3, 0.4) is 0 Å². The highest BCUT2D eigenvalue weighted by Gasteiger charge is 2.33. The number of hydrogen-bond donors (Lipinski definition) is 2. The molecule has 2 aromatic heterocycles. The van der Waals surface area contributed by atoms with Gasteiger partial charge in [-0.1, -0.05) is 5.16 Å². The predicted octanol–water partition coefficient (Wildman–Crippen LogP) is 1.62. The topological polar surface area (TPSA) is 75.9 Å². The molecule has 0 spiro atoms. The van der Waals surface area contributed by atoms with E-state index in [4.69, 9.17) is 4.52 Å². The zero-order valence-corrected chi connectivity index (χ0v) is 10.9. The molecule has 2 unspecified atom stereocenters. The van der Waals surface area contributed by atoms with Gasteiger partial charge in [-0.25, -0.2) is 4.98 Å². The Balaban J connectivity index is 1.63. The molecule has 0 saturated carbocycles. The van der Waals surface area contributed by atoms with Gasteiger partial charge in [0, 0.05) is 18.1 Å². The molecule has 2 bridgehead atoms. The van der Waals surface area contributed by atoms with Crippen LogP contribution in [0.5, 0.6) is 0 Å². The van der Waals surface area contributed by atoms with Gasteiger partial charge in [0.25, 0.3) is 5.71 Å². The molecule has 2 saturated heterocycles. The summed E-state index contributed by atoms with van der Waals surface area (Å²) in [6.07, 6.45) is 6.45. The van der Waals surface area contributed by atoms with E-state index in [2.05, 4.69) is 25.8 Å². The summed E-state index contributed by atoms with van der Waals surface area (Å²) < 4.78 is 5.18. The maximum absolute atomic E-state index is 5.18. The molecule has 0 amide bonds. The first-order chi connectivity index (χ1) is 9.29. The third-order valence-electron chi connectivity index (χ3n) is 4.26. The molecule has 4 heterocycles. The van der Waals surface area contributed by atoms with Crippen molar-refractivity contribution in [3.8, 4) is 0 Å². The van der Waals surface area contributed by atoms with E-state index in [1.54, 1.807) is 0 Å². The van der Waals surface area contributed by atoms with Crippen molar-refractivity contribution in [3.05, 3.63) is 12.0 Å². The Labute approximate surface area is 111 Å². The number of fused-ring (bicyclic) bond motifs is 3. The Bertz CT molecular complexity index is 598. The third-order valence-corrected chi connectivity index (χ3v) is 4.26. The van der Waals surface area contributed by atoms with Crippen molar-refractivity contribution in [1.29, 1.82) is 0 Å². The Morgan fingerprint density at radius 3 is 2.84 bits per heavy atom. The van der Waals surface area contributed by atoms with Gasteiger partial charge in [-0.05, 0) is 32.6 Å². The lowest BCUT2D eigenvalue weighted by molar-refractivity contribution is 0.378. The number of hydrogen-bond acceptors (Lipinski definition) is 6. The summed E-state index contributed by atoms with van der Waals surface area (Å²) in [5.74, 6) is 0.857. The molecule has 4 rings (SSSR count). The molecule has 2 fully saturated rings.